The van der Waals surface area contributed by atoms with E-state index in [4.69, 9.17) is 10.7 Å². The first-order valence-electron chi connectivity index (χ1n) is 14.5. The van der Waals surface area contributed by atoms with Gasteiger partial charge < -0.3 is 25.8 Å². The highest BCUT2D eigenvalue weighted by molar-refractivity contribution is 5.96. The van der Waals surface area contributed by atoms with Gasteiger partial charge in [0.25, 0.3) is 5.91 Å². The molecule has 9 nitrogen and oxygen atoms in total. The normalized spacial score (nSPS) is 22.8. The summed E-state index contributed by atoms with van der Waals surface area (Å²) in [5, 5.41) is 3.30. The Morgan fingerprint density at radius 1 is 1.03 bits per heavy atom. The second kappa shape index (κ2) is 11.9. The van der Waals surface area contributed by atoms with Crippen LogP contribution >= 0.6 is 0 Å². The lowest BCUT2D eigenvalue weighted by Gasteiger charge is -2.42. The van der Waals surface area contributed by atoms with E-state index in [2.05, 4.69) is 51.3 Å². The van der Waals surface area contributed by atoms with Crippen LogP contribution in [-0.2, 0) is 4.79 Å². The van der Waals surface area contributed by atoms with Gasteiger partial charge in [-0.05, 0) is 88.1 Å². The topological polar surface area (TPSA) is 108 Å². The van der Waals surface area contributed by atoms with Crippen LogP contribution in [0.4, 0.5) is 17.3 Å². The minimum atomic E-state index is -0.618. The van der Waals surface area contributed by atoms with Crippen LogP contribution in [0.3, 0.4) is 0 Å². The van der Waals surface area contributed by atoms with Crippen molar-refractivity contribution in [2.45, 2.75) is 76.3 Å². The van der Waals surface area contributed by atoms with Gasteiger partial charge in [0.2, 0.25) is 5.91 Å². The van der Waals surface area contributed by atoms with Crippen molar-refractivity contribution >= 4 is 29.1 Å². The van der Waals surface area contributed by atoms with Crippen molar-refractivity contribution < 1.29 is 9.59 Å². The summed E-state index contributed by atoms with van der Waals surface area (Å²) in [6.45, 7) is 5.35. The average molecular weight is 534 g/mol. The first kappa shape index (κ1) is 27.4. The Kier molecular flexibility index (Phi) is 8.35. The zero-order chi connectivity index (χ0) is 27.5. The van der Waals surface area contributed by atoms with Crippen LogP contribution in [0.25, 0.3) is 0 Å². The minimum absolute atomic E-state index is 0.121. The molecule has 3 aliphatic rings. The summed E-state index contributed by atoms with van der Waals surface area (Å²) >= 11 is 0. The number of hydrogen-bond donors (Lipinski definition) is 2. The van der Waals surface area contributed by atoms with E-state index >= 15 is 0 Å². The quantitative estimate of drug-likeness (QED) is 0.525. The van der Waals surface area contributed by atoms with E-state index in [0.717, 1.165) is 31.1 Å². The van der Waals surface area contributed by atoms with E-state index in [1.165, 1.54) is 50.8 Å². The van der Waals surface area contributed by atoms with Crippen molar-refractivity contribution in [3.8, 4) is 0 Å². The number of carbonyl (C=O) groups excluding carboxylic acids is 2. The van der Waals surface area contributed by atoms with Crippen LogP contribution in [0.5, 0.6) is 0 Å². The van der Waals surface area contributed by atoms with Gasteiger partial charge in [-0.1, -0.05) is 18.6 Å². The van der Waals surface area contributed by atoms with Gasteiger partial charge in [-0.2, -0.15) is 0 Å². The highest BCUT2D eigenvalue weighted by Crippen LogP contribution is 2.34. The molecule has 2 aromatic rings. The van der Waals surface area contributed by atoms with Crippen molar-refractivity contribution in [3.63, 3.8) is 0 Å². The number of primary amides is 1. The van der Waals surface area contributed by atoms with Crippen molar-refractivity contribution in [2.24, 2.45) is 11.7 Å². The first-order chi connectivity index (χ1) is 18.8. The fraction of sp³-hybridized carbons (Fsp3) is 0.600. The molecule has 1 aromatic carbocycles. The fourth-order valence-corrected chi connectivity index (χ4v) is 6.34. The molecular weight excluding hydrogens is 490 g/mol. The van der Waals surface area contributed by atoms with Crippen LogP contribution < -0.4 is 16.0 Å². The van der Waals surface area contributed by atoms with Crippen molar-refractivity contribution in [3.05, 3.63) is 41.7 Å². The summed E-state index contributed by atoms with van der Waals surface area (Å²) in [7, 11) is 3.59. The van der Waals surface area contributed by atoms with Gasteiger partial charge in [0.1, 0.15) is 5.82 Å². The maximum absolute atomic E-state index is 12.4. The third-order valence-corrected chi connectivity index (χ3v) is 9.14. The van der Waals surface area contributed by atoms with E-state index < -0.39 is 5.91 Å². The second-order valence-corrected chi connectivity index (χ2v) is 11.8. The van der Waals surface area contributed by atoms with Gasteiger partial charge in [-0.25, -0.2) is 9.97 Å². The molecule has 210 valence electrons. The molecule has 5 rings (SSSR count). The Labute approximate surface area is 232 Å². The first-order valence-corrected chi connectivity index (χ1v) is 14.5. The number of benzene rings is 1. The lowest BCUT2D eigenvalue weighted by atomic mass is 9.85. The lowest BCUT2D eigenvalue weighted by Crippen LogP contribution is -2.45. The highest BCUT2D eigenvalue weighted by atomic mass is 16.2. The molecule has 3 N–H and O–H groups in total. The van der Waals surface area contributed by atoms with Crippen molar-refractivity contribution in [2.75, 3.05) is 43.9 Å². The van der Waals surface area contributed by atoms with Gasteiger partial charge in [-0.3, -0.25) is 9.59 Å². The van der Waals surface area contributed by atoms with Crippen LogP contribution in [0.2, 0.25) is 0 Å². The molecule has 2 atom stereocenters. The summed E-state index contributed by atoms with van der Waals surface area (Å²) < 4.78 is 0. The largest absolute Gasteiger partial charge is 0.364 e. The predicted octanol–water partition coefficient (Wildman–Crippen LogP) is 4.13. The summed E-state index contributed by atoms with van der Waals surface area (Å²) in [4.78, 5) is 40.3. The van der Waals surface area contributed by atoms with Gasteiger partial charge in [0.15, 0.2) is 11.5 Å². The summed E-state index contributed by atoms with van der Waals surface area (Å²) in [6.07, 6.45) is 10.6. The Bertz CT molecular complexity index is 1160. The van der Waals surface area contributed by atoms with Crippen molar-refractivity contribution in [1.29, 1.82) is 0 Å². The molecule has 1 saturated carbocycles. The van der Waals surface area contributed by atoms with E-state index in [-0.39, 0.29) is 23.6 Å². The maximum Gasteiger partial charge on any atom is 0.271 e. The highest BCUT2D eigenvalue weighted by Gasteiger charge is 2.32. The van der Waals surface area contributed by atoms with E-state index in [9.17, 15) is 9.59 Å². The molecule has 39 heavy (non-hydrogen) atoms. The Hall–Kier alpha value is -3.20. The molecule has 0 radical (unpaired) electrons. The number of likely N-dealkylation sites (tertiary alicyclic amines) is 1. The van der Waals surface area contributed by atoms with Gasteiger partial charge in [0, 0.05) is 44.8 Å². The third-order valence-electron chi connectivity index (χ3n) is 9.14. The molecule has 1 aromatic heterocycles. The molecule has 2 saturated heterocycles. The summed E-state index contributed by atoms with van der Waals surface area (Å²) in [5.74, 6) is 1.39. The van der Waals surface area contributed by atoms with E-state index in [1.54, 1.807) is 25.2 Å². The molecular formula is C30H43N7O2. The number of anilines is 3. The molecule has 0 spiro atoms. The summed E-state index contributed by atoms with van der Waals surface area (Å²) in [5.41, 5.74) is 7.99. The number of nitrogens with two attached hydrogens (primary N) is 1. The van der Waals surface area contributed by atoms with Crippen LogP contribution in [0, 0.1) is 5.92 Å². The van der Waals surface area contributed by atoms with Crippen LogP contribution in [0.1, 0.15) is 80.3 Å². The molecule has 0 unspecified atom stereocenters. The monoisotopic (exact) mass is 533 g/mol. The third kappa shape index (κ3) is 6.19. The Morgan fingerprint density at radius 2 is 1.74 bits per heavy atom. The molecule has 9 heteroatoms. The van der Waals surface area contributed by atoms with E-state index in [1.807, 2.05) is 0 Å². The number of aromatic nitrogens is 2. The van der Waals surface area contributed by atoms with Gasteiger partial charge >= 0.3 is 0 Å². The number of nitrogens with zero attached hydrogens (tertiary/aromatic N) is 5. The van der Waals surface area contributed by atoms with Gasteiger partial charge in [0.05, 0.1) is 6.20 Å². The number of piperidine rings is 2. The molecule has 1 aliphatic carbocycles. The number of amides is 2. The molecule has 3 heterocycles. The molecule has 0 bridgehead atoms. The van der Waals surface area contributed by atoms with Crippen molar-refractivity contribution in [1.82, 2.24) is 19.8 Å². The predicted molar refractivity (Wildman–Crippen MR) is 154 cm³/mol. The Balaban J connectivity index is 1.28. The minimum Gasteiger partial charge on any atom is -0.364 e. The Morgan fingerprint density at radius 3 is 2.36 bits per heavy atom. The van der Waals surface area contributed by atoms with E-state index in [0.29, 0.717) is 24.0 Å². The number of rotatable bonds is 8. The standard InChI is InChI=1S/C30H43N7O2/c1-20-23(18-27(38)35(2)3)6-5-15-37(20)26-19-32-28(29(31)39)30(34-26)33-24-11-9-21(10-12-24)22-13-16-36(17-14-22)25-7-4-8-25/h9-12,19-20,22-23,25H,4-8,13-18H2,1-3H3,(H2,31,39)(H,33,34)/t20-,23+/m1/s1. The number of nitrogens with one attached hydrogen (secondary N) is 1. The number of hydrogen-bond acceptors (Lipinski definition) is 7. The number of carbonyl (C=O) groups is 2. The zero-order valence-electron chi connectivity index (χ0n) is 23.6. The summed E-state index contributed by atoms with van der Waals surface area (Å²) in [6, 6.07) is 9.43. The second-order valence-electron chi connectivity index (χ2n) is 11.8. The van der Waals surface area contributed by atoms with Crippen LogP contribution in [0.15, 0.2) is 30.5 Å². The SMILES string of the molecule is C[C@@H]1[C@H](CC(=O)N(C)C)CCCN1c1cnc(C(N)=O)c(Nc2ccc(C3CCN(C4CCC4)CC3)cc2)n1. The van der Waals surface area contributed by atoms with Crippen LogP contribution in [-0.4, -0.2) is 77.4 Å². The molecule has 2 aliphatic heterocycles. The fourth-order valence-electron chi connectivity index (χ4n) is 6.34. The lowest BCUT2D eigenvalue weighted by molar-refractivity contribution is -0.130. The molecule has 2 amide bonds. The average Bonchev–Trinajstić information content (AvgIpc) is 2.89. The molecule has 3 fully saturated rings. The van der Waals surface area contributed by atoms with Gasteiger partial charge in [-0.15, -0.1) is 0 Å². The zero-order valence-corrected chi connectivity index (χ0v) is 23.6. The maximum atomic E-state index is 12.4. The smallest absolute Gasteiger partial charge is 0.271 e.